The molecule has 0 saturated heterocycles. The first kappa shape index (κ1) is 15.4. The quantitative estimate of drug-likeness (QED) is 0.842. The van der Waals surface area contributed by atoms with Crippen molar-refractivity contribution in [3.8, 4) is 11.5 Å². The predicted octanol–water partition coefficient (Wildman–Crippen LogP) is 3.76. The molecule has 0 bridgehead atoms. The second-order valence-corrected chi connectivity index (χ2v) is 4.94. The average molecular weight is 286 g/mol. The Kier molecular flexibility index (Phi) is 5.64. The highest BCUT2D eigenvalue weighted by Crippen LogP contribution is 2.20. The minimum absolute atomic E-state index is 0.390. The fraction of sp³-hybridized carbons (Fsp3) is 0.333. The minimum Gasteiger partial charge on any atom is -0.497 e. The molecular formula is C18H22O3. The van der Waals surface area contributed by atoms with Gasteiger partial charge in [0.1, 0.15) is 11.5 Å². The molecule has 0 saturated carbocycles. The van der Waals surface area contributed by atoms with Gasteiger partial charge in [0.15, 0.2) is 0 Å². The highest BCUT2D eigenvalue weighted by Gasteiger charge is 2.04. The van der Waals surface area contributed by atoms with Crippen LogP contribution in [0.3, 0.4) is 0 Å². The zero-order chi connectivity index (χ0) is 15.1. The highest BCUT2D eigenvalue weighted by atomic mass is 16.5. The molecule has 0 fully saturated rings. The Morgan fingerprint density at radius 3 is 2.14 bits per heavy atom. The molecule has 0 amide bonds. The lowest BCUT2D eigenvalue weighted by Crippen LogP contribution is -2.02. The fourth-order valence-corrected chi connectivity index (χ4v) is 2.10. The number of benzene rings is 2. The zero-order valence-corrected chi connectivity index (χ0v) is 12.6. The van der Waals surface area contributed by atoms with Gasteiger partial charge in [0.05, 0.1) is 19.8 Å². The minimum atomic E-state index is -0.390. The number of ether oxygens (including phenoxy) is 2. The summed E-state index contributed by atoms with van der Waals surface area (Å²) >= 11 is 0. The van der Waals surface area contributed by atoms with Crippen molar-refractivity contribution in [2.24, 2.45) is 0 Å². The molecule has 0 aliphatic rings. The van der Waals surface area contributed by atoms with Gasteiger partial charge in [0.2, 0.25) is 0 Å². The first-order valence-electron chi connectivity index (χ1n) is 7.26. The van der Waals surface area contributed by atoms with Crippen LogP contribution in [0.2, 0.25) is 0 Å². The Balaban J connectivity index is 1.82. The summed E-state index contributed by atoms with van der Waals surface area (Å²) in [6.07, 6.45) is 1.18. The van der Waals surface area contributed by atoms with Gasteiger partial charge in [-0.1, -0.05) is 31.2 Å². The topological polar surface area (TPSA) is 38.7 Å². The highest BCUT2D eigenvalue weighted by molar-refractivity contribution is 5.29. The molecule has 2 rings (SSSR count). The van der Waals surface area contributed by atoms with E-state index in [0.29, 0.717) is 6.61 Å². The maximum atomic E-state index is 9.74. The lowest BCUT2D eigenvalue weighted by atomic mass is 10.1. The lowest BCUT2D eigenvalue weighted by Gasteiger charge is -2.10. The molecule has 112 valence electrons. The van der Waals surface area contributed by atoms with Gasteiger partial charge in [-0.25, -0.2) is 0 Å². The van der Waals surface area contributed by atoms with E-state index < -0.39 is 6.10 Å². The molecule has 1 N–H and O–H groups in total. The Labute approximate surface area is 126 Å². The Hall–Kier alpha value is -2.00. The van der Waals surface area contributed by atoms with Gasteiger partial charge in [-0.3, -0.25) is 0 Å². The normalized spacial score (nSPS) is 12.0. The lowest BCUT2D eigenvalue weighted by molar-refractivity contribution is 0.173. The monoisotopic (exact) mass is 286 g/mol. The molecule has 0 aliphatic carbocycles. The fourth-order valence-electron chi connectivity index (χ4n) is 2.10. The molecule has 2 aromatic rings. The predicted molar refractivity (Wildman–Crippen MR) is 83.9 cm³/mol. The molecule has 0 spiro atoms. The second kappa shape index (κ2) is 7.70. The van der Waals surface area contributed by atoms with Crippen LogP contribution in [0.15, 0.2) is 48.5 Å². The van der Waals surface area contributed by atoms with Crippen LogP contribution in [-0.4, -0.2) is 18.8 Å². The summed E-state index contributed by atoms with van der Waals surface area (Å²) in [7, 11) is 1.66. The van der Waals surface area contributed by atoms with Crippen LogP contribution in [0, 0.1) is 0 Å². The molecular weight excluding hydrogens is 264 g/mol. The van der Waals surface area contributed by atoms with Crippen LogP contribution in [0.5, 0.6) is 11.5 Å². The first-order chi connectivity index (χ1) is 10.2. The average Bonchev–Trinajstić information content (AvgIpc) is 2.55. The molecule has 0 aliphatic heterocycles. The van der Waals surface area contributed by atoms with E-state index in [9.17, 15) is 5.11 Å². The maximum absolute atomic E-state index is 9.74. The van der Waals surface area contributed by atoms with Gasteiger partial charge in [-0.05, 0) is 41.8 Å². The SMILES string of the molecule is CCC(O)c1ccc(OCCc2ccc(OC)cc2)cc1. The van der Waals surface area contributed by atoms with Gasteiger partial charge >= 0.3 is 0 Å². The van der Waals surface area contributed by atoms with Crippen molar-refractivity contribution in [2.75, 3.05) is 13.7 Å². The van der Waals surface area contributed by atoms with Crippen LogP contribution in [0.1, 0.15) is 30.6 Å². The van der Waals surface area contributed by atoms with Crippen molar-refractivity contribution in [3.63, 3.8) is 0 Å². The van der Waals surface area contributed by atoms with E-state index in [1.54, 1.807) is 7.11 Å². The van der Waals surface area contributed by atoms with Crippen molar-refractivity contribution in [1.82, 2.24) is 0 Å². The van der Waals surface area contributed by atoms with E-state index in [-0.39, 0.29) is 0 Å². The van der Waals surface area contributed by atoms with Gasteiger partial charge in [0.25, 0.3) is 0 Å². The number of aliphatic hydroxyl groups is 1. The van der Waals surface area contributed by atoms with E-state index in [1.807, 2.05) is 55.5 Å². The Bertz CT molecular complexity index is 531. The largest absolute Gasteiger partial charge is 0.497 e. The van der Waals surface area contributed by atoms with E-state index in [2.05, 4.69) is 0 Å². The number of hydrogen-bond donors (Lipinski definition) is 1. The molecule has 0 heterocycles. The molecule has 0 aromatic heterocycles. The van der Waals surface area contributed by atoms with Gasteiger partial charge in [0, 0.05) is 6.42 Å². The van der Waals surface area contributed by atoms with Crippen LogP contribution in [-0.2, 0) is 6.42 Å². The molecule has 3 heteroatoms. The molecule has 2 aromatic carbocycles. The third-order valence-corrected chi connectivity index (χ3v) is 3.47. The van der Waals surface area contributed by atoms with Crippen LogP contribution >= 0.6 is 0 Å². The van der Waals surface area contributed by atoms with Gasteiger partial charge in [-0.2, -0.15) is 0 Å². The summed E-state index contributed by atoms with van der Waals surface area (Å²) in [6, 6.07) is 15.6. The maximum Gasteiger partial charge on any atom is 0.119 e. The van der Waals surface area contributed by atoms with Crippen LogP contribution < -0.4 is 9.47 Å². The summed E-state index contributed by atoms with van der Waals surface area (Å²) in [4.78, 5) is 0. The van der Waals surface area contributed by atoms with Crippen molar-refractivity contribution >= 4 is 0 Å². The molecule has 0 radical (unpaired) electrons. The van der Waals surface area contributed by atoms with Crippen molar-refractivity contribution < 1.29 is 14.6 Å². The van der Waals surface area contributed by atoms with Crippen LogP contribution in [0.25, 0.3) is 0 Å². The summed E-state index contributed by atoms with van der Waals surface area (Å²) < 4.78 is 10.9. The summed E-state index contributed by atoms with van der Waals surface area (Å²) in [6.45, 7) is 2.59. The third kappa shape index (κ3) is 4.50. The third-order valence-electron chi connectivity index (χ3n) is 3.47. The molecule has 21 heavy (non-hydrogen) atoms. The molecule has 1 atom stereocenters. The zero-order valence-electron chi connectivity index (χ0n) is 12.6. The standard InChI is InChI=1S/C18H22O3/c1-3-18(19)15-6-10-17(11-7-15)21-13-12-14-4-8-16(20-2)9-5-14/h4-11,18-19H,3,12-13H2,1-2H3. The number of rotatable bonds is 7. The van der Waals surface area contributed by atoms with E-state index in [4.69, 9.17) is 9.47 Å². The van der Waals surface area contributed by atoms with Crippen molar-refractivity contribution in [3.05, 3.63) is 59.7 Å². The smallest absolute Gasteiger partial charge is 0.119 e. The van der Waals surface area contributed by atoms with E-state index in [0.717, 1.165) is 29.9 Å². The van der Waals surface area contributed by atoms with E-state index in [1.165, 1.54) is 5.56 Å². The molecule has 3 nitrogen and oxygen atoms in total. The van der Waals surface area contributed by atoms with E-state index >= 15 is 0 Å². The summed E-state index contributed by atoms with van der Waals surface area (Å²) in [5, 5.41) is 9.74. The second-order valence-electron chi connectivity index (χ2n) is 4.94. The van der Waals surface area contributed by atoms with Crippen LogP contribution in [0.4, 0.5) is 0 Å². The van der Waals surface area contributed by atoms with Crippen molar-refractivity contribution in [1.29, 1.82) is 0 Å². The number of methoxy groups -OCH3 is 1. The summed E-state index contributed by atoms with van der Waals surface area (Å²) in [5.74, 6) is 1.69. The number of aliphatic hydroxyl groups excluding tert-OH is 1. The number of hydrogen-bond acceptors (Lipinski definition) is 3. The first-order valence-corrected chi connectivity index (χ1v) is 7.26. The summed E-state index contributed by atoms with van der Waals surface area (Å²) in [5.41, 5.74) is 2.15. The van der Waals surface area contributed by atoms with Crippen molar-refractivity contribution in [2.45, 2.75) is 25.9 Å². The van der Waals surface area contributed by atoms with Gasteiger partial charge in [-0.15, -0.1) is 0 Å². The molecule has 1 unspecified atom stereocenters. The van der Waals surface area contributed by atoms with Gasteiger partial charge < -0.3 is 14.6 Å². The Morgan fingerprint density at radius 2 is 1.57 bits per heavy atom. The Morgan fingerprint density at radius 1 is 0.952 bits per heavy atom.